The summed E-state index contributed by atoms with van der Waals surface area (Å²) in [5, 5.41) is 0. The summed E-state index contributed by atoms with van der Waals surface area (Å²) < 4.78 is 16.4. The molecule has 0 heterocycles. The smallest absolute Gasteiger partial charge is 0.163 e. The Morgan fingerprint density at radius 1 is 1.26 bits per heavy atom. The number of anilines is 1. The second kappa shape index (κ2) is 8.14. The third-order valence-electron chi connectivity index (χ3n) is 2.37. The maximum absolute atomic E-state index is 11.5. The summed E-state index contributed by atoms with van der Waals surface area (Å²) in [5.41, 5.74) is 6.74. The van der Waals surface area contributed by atoms with Crippen molar-refractivity contribution in [3.05, 3.63) is 22.2 Å². The summed E-state index contributed by atoms with van der Waals surface area (Å²) in [7, 11) is 1.61. The molecule has 0 spiro atoms. The molecule has 0 aromatic heterocycles. The number of carbonyl (C=O) groups excluding carboxylic acids is 1. The molecule has 0 atom stereocenters. The van der Waals surface area contributed by atoms with Gasteiger partial charge in [0.1, 0.15) is 6.61 Å². The van der Waals surface area contributed by atoms with Crippen LogP contribution >= 0.6 is 15.9 Å². The highest BCUT2D eigenvalue weighted by Crippen LogP contribution is 2.31. The van der Waals surface area contributed by atoms with Gasteiger partial charge >= 0.3 is 0 Å². The van der Waals surface area contributed by atoms with E-state index in [9.17, 15) is 4.79 Å². The molecule has 0 bridgehead atoms. The minimum atomic E-state index is -0.0942. The summed E-state index contributed by atoms with van der Waals surface area (Å²) in [4.78, 5) is 11.5. The van der Waals surface area contributed by atoms with Crippen LogP contribution in [-0.4, -0.2) is 39.3 Å². The van der Waals surface area contributed by atoms with E-state index in [1.165, 1.54) is 6.92 Å². The molecule has 6 heteroatoms. The number of nitrogens with two attached hydrogens (primary N) is 1. The Morgan fingerprint density at radius 2 is 1.95 bits per heavy atom. The molecule has 0 radical (unpaired) electrons. The monoisotopic (exact) mass is 331 g/mol. The number of nitrogen functional groups attached to an aromatic ring is 1. The van der Waals surface area contributed by atoms with Crippen molar-refractivity contribution in [2.45, 2.75) is 6.92 Å². The largest absolute Gasteiger partial charge is 0.488 e. The lowest BCUT2D eigenvalue weighted by Gasteiger charge is -2.13. The van der Waals surface area contributed by atoms with Gasteiger partial charge in [-0.2, -0.15) is 0 Å². The van der Waals surface area contributed by atoms with Gasteiger partial charge in [-0.1, -0.05) is 15.9 Å². The number of methoxy groups -OCH3 is 1. The Morgan fingerprint density at radius 3 is 2.58 bits per heavy atom. The number of carbonyl (C=O) groups is 1. The predicted octanol–water partition coefficient (Wildman–Crippen LogP) is 2.28. The standard InChI is InChI=1S/C13H18BrNO4/c1-9(16)11-7-10(14)8-12(15)13(11)19-6-5-18-4-3-17-2/h7-8H,3-6,15H2,1-2H3. The van der Waals surface area contributed by atoms with Crippen LogP contribution in [0, 0.1) is 0 Å². The zero-order valence-electron chi connectivity index (χ0n) is 11.1. The third kappa shape index (κ3) is 5.18. The van der Waals surface area contributed by atoms with Gasteiger partial charge in [0, 0.05) is 11.6 Å². The van der Waals surface area contributed by atoms with Gasteiger partial charge in [0.2, 0.25) is 0 Å². The van der Waals surface area contributed by atoms with Crippen molar-refractivity contribution in [3.63, 3.8) is 0 Å². The van der Waals surface area contributed by atoms with Crippen LogP contribution in [0.5, 0.6) is 5.75 Å². The number of benzene rings is 1. The van der Waals surface area contributed by atoms with Crippen molar-refractivity contribution in [2.75, 3.05) is 39.3 Å². The highest BCUT2D eigenvalue weighted by Gasteiger charge is 2.13. The van der Waals surface area contributed by atoms with Gasteiger partial charge in [0.15, 0.2) is 11.5 Å². The van der Waals surface area contributed by atoms with E-state index in [4.69, 9.17) is 19.9 Å². The Kier molecular flexibility index (Phi) is 6.83. The molecule has 0 saturated heterocycles. The first-order valence-corrected chi connectivity index (χ1v) is 6.65. The molecule has 0 saturated carbocycles. The number of hydrogen-bond donors (Lipinski definition) is 1. The average Bonchev–Trinajstić information content (AvgIpc) is 2.34. The molecule has 0 fully saturated rings. The highest BCUT2D eigenvalue weighted by molar-refractivity contribution is 9.10. The minimum absolute atomic E-state index is 0.0942. The number of halogens is 1. The fourth-order valence-electron chi connectivity index (χ4n) is 1.48. The lowest BCUT2D eigenvalue weighted by molar-refractivity contribution is 0.0543. The summed E-state index contributed by atoms with van der Waals surface area (Å²) in [6, 6.07) is 3.40. The van der Waals surface area contributed by atoms with Crippen LogP contribution in [0.1, 0.15) is 17.3 Å². The second-order valence-electron chi connectivity index (χ2n) is 3.88. The van der Waals surface area contributed by atoms with Gasteiger partial charge < -0.3 is 19.9 Å². The molecule has 1 aromatic carbocycles. The number of ether oxygens (including phenoxy) is 3. The van der Waals surface area contributed by atoms with Crippen LogP contribution in [0.4, 0.5) is 5.69 Å². The molecule has 1 rings (SSSR count). The molecule has 5 nitrogen and oxygen atoms in total. The SMILES string of the molecule is COCCOCCOc1c(N)cc(Br)cc1C(C)=O. The van der Waals surface area contributed by atoms with E-state index in [0.29, 0.717) is 43.4 Å². The molecular weight excluding hydrogens is 314 g/mol. The normalized spacial score (nSPS) is 10.5. The Bertz CT molecular complexity index is 437. The topological polar surface area (TPSA) is 70.8 Å². The lowest BCUT2D eigenvalue weighted by Crippen LogP contribution is -2.12. The van der Waals surface area contributed by atoms with Crippen molar-refractivity contribution < 1.29 is 19.0 Å². The summed E-state index contributed by atoms with van der Waals surface area (Å²) >= 11 is 3.30. The Labute approximate surface area is 121 Å². The number of rotatable bonds is 8. The van der Waals surface area contributed by atoms with Crippen LogP contribution in [0.2, 0.25) is 0 Å². The van der Waals surface area contributed by atoms with E-state index in [0.717, 1.165) is 4.47 Å². The number of hydrogen-bond acceptors (Lipinski definition) is 5. The van der Waals surface area contributed by atoms with E-state index in [2.05, 4.69) is 15.9 Å². The first-order valence-electron chi connectivity index (χ1n) is 5.85. The van der Waals surface area contributed by atoms with Crippen LogP contribution in [0.3, 0.4) is 0 Å². The summed E-state index contributed by atoms with van der Waals surface area (Å²) in [6.45, 7) is 3.27. The maximum atomic E-state index is 11.5. The van der Waals surface area contributed by atoms with E-state index in [-0.39, 0.29) is 5.78 Å². The zero-order valence-corrected chi connectivity index (χ0v) is 12.7. The molecule has 0 amide bonds. The first kappa shape index (κ1) is 15.9. The predicted molar refractivity (Wildman–Crippen MR) is 76.7 cm³/mol. The zero-order chi connectivity index (χ0) is 14.3. The van der Waals surface area contributed by atoms with Crippen molar-refractivity contribution in [3.8, 4) is 5.75 Å². The molecule has 19 heavy (non-hydrogen) atoms. The minimum Gasteiger partial charge on any atom is -0.488 e. The van der Waals surface area contributed by atoms with E-state index in [1.807, 2.05) is 0 Å². The van der Waals surface area contributed by atoms with Gasteiger partial charge in [-0.05, 0) is 19.1 Å². The molecule has 1 aromatic rings. The first-order chi connectivity index (χ1) is 9.06. The molecule has 0 aliphatic heterocycles. The maximum Gasteiger partial charge on any atom is 0.163 e. The van der Waals surface area contributed by atoms with Crippen molar-refractivity contribution in [1.82, 2.24) is 0 Å². The summed E-state index contributed by atoms with van der Waals surface area (Å²) in [5.74, 6) is 0.314. The van der Waals surface area contributed by atoms with Crippen molar-refractivity contribution >= 4 is 27.4 Å². The van der Waals surface area contributed by atoms with Crippen LogP contribution in [-0.2, 0) is 9.47 Å². The molecule has 0 aliphatic rings. The molecule has 0 aliphatic carbocycles. The van der Waals surface area contributed by atoms with E-state index in [1.54, 1.807) is 19.2 Å². The molecule has 106 valence electrons. The molecular formula is C13H18BrNO4. The van der Waals surface area contributed by atoms with Crippen LogP contribution < -0.4 is 10.5 Å². The third-order valence-corrected chi connectivity index (χ3v) is 2.83. The fourth-order valence-corrected chi connectivity index (χ4v) is 1.96. The average molecular weight is 332 g/mol. The van der Waals surface area contributed by atoms with Crippen molar-refractivity contribution in [2.24, 2.45) is 0 Å². The number of Topliss-reactive ketones (excluding diaryl/α,β-unsaturated/α-hetero) is 1. The number of ketones is 1. The van der Waals surface area contributed by atoms with Crippen LogP contribution in [0.25, 0.3) is 0 Å². The lowest BCUT2D eigenvalue weighted by atomic mass is 10.1. The molecule has 2 N–H and O–H groups in total. The van der Waals surface area contributed by atoms with E-state index >= 15 is 0 Å². The van der Waals surface area contributed by atoms with Gasteiger partial charge in [0.05, 0.1) is 31.1 Å². The summed E-state index contributed by atoms with van der Waals surface area (Å²) in [6.07, 6.45) is 0. The van der Waals surface area contributed by atoms with Gasteiger partial charge in [-0.15, -0.1) is 0 Å². The highest BCUT2D eigenvalue weighted by atomic mass is 79.9. The Balaban J connectivity index is 2.59. The van der Waals surface area contributed by atoms with Gasteiger partial charge in [-0.3, -0.25) is 4.79 Å². The van der Waals surface area contributed by atoms with E-state index < -0.39 is 0 Å². The van der Waals surface area contributed by atoms with Gasteiger partial charge in [-0.25, -0.2) is 0 Å². The van der Waals surface area contributed by atoms with Crippen molar-refractivity contribution in [1.29, 1.82) is 0 Å². The quantitative estimate of drug-likeness (QED) is 0.449. The Hall–Kier alpha value is -1.11. The second-order valence-corrected chi connectivity index (χ2v) is 4.80. The fraction of sp³-hybridized carbons (Fsp3) is 0.462. The molecule has 0 unspecified atom stereocenters. The van der Waals surface area contributed by atoms with Crippen LogP contribution in [0.15, 0.2) is 16.6 Å². The van der Waals surface area contributed by atoms with Gasteiger partial charge in [0.25, 0.3) is 0 Å².